The quantitative estimate of drug-likeness (QED) is 0.801. The first-order valence-electron chi connectivity index (χ1n) is 9.32. The Labute approximate surface area is 165 Å². The fourth-order valence-electron chi connectivity index (χ4n) is 3.90. The Bertz CT molecular complexity index is 861. The maximum Gasteiger partial charge on any atom is 0.315 e. The molecule has 0 aliphatic carbocycles. The van der Waals surface area contributed by atoms with E-state index >= 15 is 0 Å². The Morgan fingerprint density at radius 2 is 1.79 bits per heavy atom. The van der Waals surface area contributed by atoms with Gasteiger partial charge in [0.05, 0.1) is 4.88 Å². The number of anilines is 1. The summed E-state index contributed by atoms with van der Waals surface area (Å²) < 4.78 is 24.6. The lowest BCUT2D eigenvalue weighted by atomic mass is 9.84. The van der Waals surface area contributed by atoms with Gasteiger partial charge in [-0.3, -0.25) is 9.59 Å². The molecular formula is C20H21F2N3O2S. The van der Waals surface area contributed by atoms with Gasteiger partial charge in [-0.1, -0.05) is 12.1 Å². The molecule has 28 heavy (non-hydrogen) atoms. The summed E-state index contributed by atoms with van der Waals surface area (Å²) in [7, 11) is 0. The molecule has 0 unspecified atom stereocenters. The summed E-state index contributed by atoms with van der Waals surface area (Å²) in [6.45, 7) is 3.20. The van der Waals surface area contributed by atoms with E-state index in [-0.39, 0.29) is 11.9 Å². The molecule has 148 valence electrons. The number of nitrogens with one attached hydrogen (secondary N) is 2. The monoisotopic (exact) mass is 405 g/mol. The average Bonchev–Trinajstić information content (AvgIpc) is 3.20. The van der Waals surface area contributed by atoms with Crippen LogP contribution < -0.4 is 10.6 Å². The predicted molar refractivity (Wildman–Crippen MR) is 105 cm³/mol. The zero-order valence-electron chi connectivity index (χ0n) is 15.2. The average molecular weight is 405 g/mol. The maximum atomic E-state index is 12.6. The highest BCUT2D eigenvalue weighted by Crippen LogP contribution is 2.31. The molecule has 2 bridgehead atoms. The topological polar surface area (TPSA) is 61.4 Å². The number of hydrogen-bond acceptors (Lipinski definition) is 4. The van der Waals surface area contributed by atoms with Gasteiger partial charge in [0.25, 0.3) is 11.8 Å². The molecule has 1 atom stereocenters. The van der Waals surface area contributed by atoms with Gasteiger partial charge >= 0.3 is 6.43 Å². The number of nitrogens with zero attached hydrogens (tertiary/aromatic N) is 1. The lowest BCUT2D eigenvalue weighted by Gasteiger charge is -2.44. The number of piperidine rings is 3. The van der Waals surface area contributed by atoms with Crippen molar-refractivity contribution in [1.29, 1.82) is 0 Å². The summed E-state index contributed by atoms with van der Waals surface area (Å²) in [6.07, 6.45) is -0.751. The zero-order chi connectivity index (χ0) is 19.7. The van der Waals surface area contributed by atoms with Crippen molar-refractivity contribution in [2.45, 2.75) is 25.3 Å². The normalized spacial score (nSPS) is 23.6. The smallest absolute Gasteiger partial charge is 0.315 e. The number of carbonyl (C=O) groups excluding carboxylic acids is 2. The van der Waals surface area contributed by atoms with Crippen LogP contribution in [0, 0.1) is 5.92 Å². The highest BCUT2D eigenvalue weighted by atomic mass is 32.1. The van der Waals surface area contributed by atoms with Crippen molar-refractivity contribution in [3.63, 3.8) is 0 Å². The van der Waals surface area contributed by atoms with Crippen molar-refractivity contribution in [3.8, 4) is 10.4 Å². The first kappa shape index (κ1) is 19.0. The third-order valence-corrected chi connectivity index (χ3v) is 6.57. The number of halogens is 2. The van der Waals surface area contributed by atoms with Crippen LogP contribution in [0.3, 0.4) is 0 Å². The van der Waals surface area contributed by atoms with Gasteiger partial charge in [0.2, 0.25) is 0 Å². The number of thiophene rings is 1. The van der Waals surface area contributed by atoms with Crippen molar-refractivity contribution >= 4 is 28.8 Å². The molecule has 3 aliphatic heterocycles. The highest BCUT2D eigenvalue weighted by Gasteiger charge is 2.35. The Morgan fingerprint density at radius 3 is 2.39 bits per heavy atom. The van der Waals surface area contributed by atoms with Gasteiger partial charge in [-0.05, 0) is 61.7 Å². The molecule has 4 heterocycles. The number of rotatable bonds is 5. The van der Waals surface area contributed by atoms with Crippen molar-refractivity contribution in [2.75, 3.05) is 25.0 Å². The van der Waals surface area contributed by atoms with E-state index in [9.17, 15) is 18.4 Å². The van der Waals surface area contributed by atoms with E-state index < -0.39 is 12.3 Å². The first-order chi connectivity index (χ1) is 13.5. The van der Waals surface area contributed by atoms with Gasteiger partial charge in [0.15, 0.2) is 0 Å². The summed E-state index contributed by atoms with van der Waals surface area (Å²) >= 11 is 1.39. The molecule has 2 N–H and O–H groups in total. The largest absolute Gasteiger partial charge is 0.347 e. The Balaban J connectivity index is 1.39. The van der Waals surface area contributed by atoms with E-state index in [1.807, 2.05) is 12.1 Å². The standard InChI is InChI=1S/C20H21F2N3O2S/c21-18(22)20(27)23-14-3-1-13(2-4-14)16-5-6-17(28-16)19(26)24-15-11-25-9-7-12(15)8-10-25/h1-6,12,15,18H,7-11H2,(H,23,27)(H,24,26)/t15-/m0/s1. The fraction of sp³-hybridized carbons (Fsp3) is 0.400. The first-order valence-corrected chi connectivity index (χ1v) is 10.1. The van der Waals surface area contributed by atoms with E-state index in [1.54, 1.807) is 24.3 Å². The third kappa shape index (κ3) is 4.07. The number of hydrogen-bond donors (Lipinski definition) is 2. The van der Waals surface area contributed by atoms with Gasteiger partial charge in [0.1, 0.15) is 0 Å². The number of carbonyl (C=O) groups is 2. The molecule has 0 spiro atoms. The van der Waals surface area contributed by atoms with E-state index in [1.165, 1.54) is 11.3 Å². The van der Waals surface area contributed by atoms with Crippen molar-refractivity contribution < 1.29 is 18.4 Å². The number of benzene rings is 1. The van der Waals surface area contributed by atoms with E-state index in [2.05, 4.69) is 15.5 Å². The van der Waals surface area contributed by atoms with Crippen LogP contribution in [0.15, 0.2) is 36.4 Å². The molecule has 5 rings (SSSR count). The van der Waals surface area contributed by atoms with Crippen LogP contribution in [-0.4, -0.2) is 48.8 Å². The van der Waals surface area contributed by atoms with Crippen molar-refractivity contribution in [3.05, 3.63) is 41.3 Å². The second-order valence-electron chi connectivity index (χ2n) is 7.25. The fourth-order valence-corrected chi connectivity index (χ4v) is 4.81. The van der Waals surface area contributed by atoms with Crippen LogP contribution in [0.5, 0.6) is 0 Å². The van der Waals surface area contributed by atoms with Crippen molar-refractivity contribution in [2.24, 2.45) is 5.92 Å². The zero-order valence-corrected chi connectivity index (χ0v) is 16.0. The van der Waals surface area contributed by atoms with E-state index in [4.69, 9.17) is 0 Å². The van der Waals surface area contributed by atoms with Crippen LogP contribution >= 0.6 is 11.3 Å². The predicted octanol–water partition coefficient (Wildman–Crippen LogP) is 3.44. The molecule has 8 heteroatoms. The number of alkyl halides is 2. The SMILES string of the molecule is O=C(N[C@H]1CN2CCC1CC2)c1ccc(-c2ccc(NC(=O)C(F)F)cc2)s1. The third-order valence-electron chi connectivity index (χ3n) is 5.44. The molecule has 3 fully saturated rings. The second kappa shape index (κ2) is 7.97. The molecule has 0 saturated carbocycles. The summed E-state index contributed by atoms with van der Waals surface area (Å²) in [5.41, 5.74) is 1.17. The van der Waals surface area contributed by atoms with Crippen molar-refractivity contribution in [1.82, 2.24) is 10.2 Å². The molecule has 2 amide bonds. The highest BCUT2D eigenvalue weighted by molar-refractivity contribution is 7.17. The molecule has 5 nitrogen and oxygen atoms in total. The van der Waals surface area contributed by atoms with Gasteiger partial charge < -0.3 is 15.5 Å². The molecule has 0 radical (unpaired) electrons. The molecule has 1 aromatic heterocycles. The van der Waals surface area contributed by atoms with Crippen LogP contribution in [0.1, 0.15) is 22.5 Å². The summed E-state index contributed by atoms with van der Waals surface area (Å²) in [5.74, 6) is -0.796. The van der Waals surface area contributed by atoms with Gasteiger partial charge in [0, 0.05) is 23.2 Å². The molecule has 3 saturated heterocycles. The van der Waals surface area contributed by atoms with E-state index in [0.717, 1.165) is 42.9 Å². The van der Waals surface area contributed by atoms with Gasteiger partial charge in [-0.2, -0.15) is 8.78 Å². The summed E-state index contributed by atoms with van der Waals surface area (Å²) in [6, 6.07) is 10.5. The molecule has 3 aliphatic rings. The molecule has 2 aromatic rings. The lowest BCUT2D eigenvalue weighted by Crippen LogP contribution is -2.57. The van der Waals surface area contributed by atoms with E-state index in [0.29, 0.717) is 16.5 Å². The minimum Gasteiger partial charge on any atom is -0.347 e. The Kier molecular flexibility index (Phi) is 5.41. The Hall–Kier alpha value is -2.32. The molecular weight excluding hydrogens is 384 g/mol. The number of fused-ring (bicyclic) bond motifs is 3. The Morgan fingerprint density at radius 1 is 1.07 bits per heavy atom. The van der Waals surface area contributed by atoms with Crippen LogP contribution in [-0.2, 0) is 4.79 Å². The maximum absolute atomic E-state index is 12.6. The van der Waals surface area contributed by atoms with Crippen LogP contribution in [0.25, 0.3) is 10.4 Å². The molecule has 1 aromatic carbocycles. The lowest BCUT2D eigenvalue weighted by molar-refractivity contribution is -0.126. The van der Waals surface area contributed by atoms with Gasteiger partial charge in [-0.25, -0.2) is 0 Å². The van der Waals surface area contributed by atoms with Gasteiger partial charge in [-0.15, -0.1) is 11.3 Å². The summed E-state index contributed by atoms with van der Waals surface area (Å²) in [5, 5.41) is 5.33. The van der Waals surface area contributed by atoms with Crippen LogP contribution in [0.4, 0.5) is 14.5 Å². The minimum absolute atomic E-state index is 0.0455. The summed E-state index contributed by atoms with van der Waals surface area (Å²) in [4.78, 5) is 27.6. The minimum atomic E-state index is -3.05. The number of amides is 2. The second-order valence-corrected chi connectivity index (χ2v) is 8.33. The van der Waals surface area contributed by atoms with Crippen LogP contribution in [0.2, 0.25) is 0 Å².